The first-order valence-corrected chi connectivity index (χ1v) is 5.74. The maximum absolute atomic E-state index is 12.0. The van der Waals surface area contributed by atoms with Crippen LogP contribution in [-0.4, -0.2) is 49.1 Å². The molecule has 0 bridgehead atoms. The van der Waals surface area contributed by atoms with Gasteiger partial charge in [-0.15, -0.1) is 0 Å². The first kappa shape index (κ1) is 14.7. The zero-order valence-electron chi connectivity index (χ0n) is 10.9. The number of carbonyl (C=O) groups is 2. The number of nitrogens with one attached hydrogen (secondary N) is 1. The van der Waals surface area contributed by atoms with Crippen molar-refractivity contribution in [1.29, 1.82) is 0 Å². The van der Waals surface area contributed by atoms with Crippen LogP contribution in [0.15, 0.2) is 24.3 Å². The van der Waals surface area contributed by atoms with E-state index in [1.807, 2.05) is 0 Å². The third-order valence-electron chi connectivity index (χ3n) is 2.45. The number of likely N-dealkylation sites (N-methyl/N-ethyl adjacent to an activating group) is 2. The minimum absolute atomic E-state index is 0.0153. The van der Waals surface area contributed by atoms with E-state index < -0.39 is 0 Å². The van der Waals surface area contributed by atoms with Crippen molar-refractivity contribution in [3.63, 3.8) is 0 Å². The molecule has 0 atom stereocenters. The summed E-state index contributed by atoms with van der Waals surface area (Å²) in [6.07, 6.45) is 0. The smallest absolute Gasteiger partial charge is 0.254 e. The Morgan fingerprint density at radius 2 is 1.95 bits per heavy atom. The number of rotatable bonds is 3. The fourth-order valence-corrected chi connectivity index (χ4v) is 1.42. The Morgan fingerprint density at radius 3 is 2.47 bits per heavy atom. The molecule has 2 amide bonds. The van der Waals surface area contributed by atoms with Crippen LogP contribution in [0.1, 0.15) is 15.9 Å². The van der Waals surface area contributed by atoms with Crippen LogP contribution in [0, 0.1) is 11.8 Å². The molecule has 0 heterocycles. The normalized spacial score (nSPS) is 9.21. The Kier molecular flexibility index (Phi) is 5.58. The summed E-state index contributed by atoms with van der Waals surface area (Å²) in [5.74, 6) is 4.82. The molecule has 0 saturated carbocycles. The Morgan fingerprint density at radius 1 is 1.32 bits per heavy atom. The number of benzene rings is 1. The average Bonchev–Trinajstić information content (AvgIpc) is 2.44. The van der Waals surface area contributed by atoms with Gasteiger partial charge < -0.3 is 15.3 Å². The molecule has 100 valence electrons. The maximum atomic E-state index is 12.0. The molecule has 0 radical (unpaired) electrons. The molecule has 0 aliphatic heterocycles. The SMILES string of the molecule is CNC(=O)CN(C)C(=O)c1ccc(C#CCO)cc1. The van der Waals surface area contributed by atoms with Gasteiger partial charge in [0.25, 0.3) is 5.91 Å². The molecule has 0 aliphatic carbocycles. The highest BCUT2D eigenvalue weighted by Gasteiger charge is 2.13. The minimum atomic E-state index is -0.231. The van der Waals surface area contributed by atoms with Crippen molar-refractivity contribution >= 4 is 11.8 Å². The first-order chi connectivity index (χ1) is 9.08. The van der Waals surface area contributed by atoms with Gasteiger partial charge in [-0.2, -0.15) is 0 Å². The molecule has 0 aliphatic rings. The summed E-state index contributed by atoms with van der Waals surface area (Å²) < 4.78 is 0. The van der Waals surface area contributed by atoms with Crippen LogP contribution in [0.5, 0.6) is 0 Å². The van der Waals surface area contributed by atoms with Gasteiger partial charge in [0.05, 0.1) is 6.54 Å². The second-order valence-corrected chi connectivity index (χ2v) is 3.87. The Labute approximate surface area is 112 Å². The Hall–Kier alpha value is -2.32. The van der Waals surface area contributed by atoms with Gasteiger partial charge in [-0.3, -0.25) is 9.59 Å². The van der Waals surface area contributed by atoms with Gasteiger partial charge in [0.2, 0.25) is 5.91 Å². The van der Waals surface area contributed by atoms with Crippen molar-refractivity contribution in [3.05, 3.63) is 35.4 Å². The standard InChI is InChI=1S/C14H16N2O3/c1-15-13(18)10-16(2)14(19)12-7-5-11(6-8-12)4-3-9-17/h5-8,17H,9-10H2,1-2H3,(H,15,18). The van der Waals surface area contributed by atoms with Gasteiger partial charge in [0, 0.05) is 25.2 Å². The van der Waals surface area contributed by atoms with Crippen molar-refractivity contribution in [2.24, 2.45) is 0 Å². The van der Waals surface area contributed by atoms with Gasteiger partial charge >= 0.3 is 0 Å². The molecule has 1 rings (SSSR count). The summed E-state index contributed by atoms with van der Waals surface area (Å²) in [5, 5.41) is 11.0. The molecule has 2 N–H and O–H groups in total. The molecule has 1 aromatic rings. The molecular weight excluding hydrogens is 244 g/mol. The van der Waals surface area contributed by atoms with E-state index in [9.17, 15) is 9.59 Å². The summed E-state index contributed by atoms with van der Waals surface area (Å²) in [7, 11) is 3.09. The lowest BCUT2D eigenvalue weighted by molar-refractivity contribution is -0.121. The largest absolute Gasteiger partial charge is 0.384 e. The van der Waals surface area contributed by atoms with Crippen molar-refractivity contribution in [2.75, 3.05) is 27.2 Å². The first-order valence-electron chi connectivity index (χ1n) is 5.74. The predicted molar refractivity (Wildman–Crippen MR) is 71.4 cm³/mol. The lowest BCUT2D eigenvalue weighted by Gasteiger charge is -2.16. The maximum Gasteiger partial charge on any atom is 0.254 e. The highest BCUT2D eigenvalue weighted by atomic mass is 16.2. The summed E-state index contributed by atoms with van der Waals surface area (Å²) in [4.78, 5) is 24.5. The lowest BCUT2D eigenvalue weighted by Crippen LogP contribution is -2.36. The number of aliphatic hydroxyl groups excluding tert-OH is 1. The zero-order chi connectivity index (χ0) is 14.3. The molecule has 0 unspecified atom stereocenters. The van der Waals surface area contributed by atoms with Crippen LogP contribution in [0.25, 0.3) is 0 Å². The highest BCUT2D eigenvalue weighted by molar-refractivity contribution is 5.96. The van der Waals surface area contributed by atoms with E-state index in [0.29, 0.717) is 5.56 Å². The van der Waals surface area contributed by atoms with E-state index in [1.54, 1.807) is 31.3 Å². The fraction of sp³-hybridized carbons (Fsp3) is 0.286. The monoisotopic (exact) mass is 260 g/mol. The number of carbonyl (C=O) groups excluding carboxylic acids is 2. The van der Waals surface area contributed by atoms with Gasteiger partial charge in [-0.1, -0.05) is 11.8 Å². The third kappa shape index (κ3) is 4.45. The average molecular weight is 260 g/mol. The molecule has 0 aromatic heterocycles. The zero-order valence-corrected chi connectivity index (χ0v) is 10.9. The quantitative estimate of drug-likeness (QED) is 0.742. The van der Waals surface area contributed by atoms with Crippen LogP contribution in [0.3, 0.4) is 0 Å². The molecule has 19 heavy (non-hydrogen) atoms. The molecule has 5 nitrogen and oxygen atoms in total. The number of amides is 2. The van der Waals surface area contributed by atoms with E-state index in [1.165, 1.54) is 11.9 Å². The summed E-state index contributed by atoms with van der Waals surface area (Å²) in [5.41, 5.74) is 1.21. The van der Waals surface area contributed by atoms with Crippen LogP contribution < -0.4 is 5.32 Å². The Bertz CT molecular complexity index is 512. The number of hydrogen-bond acceptors (Lipinski definition) is 3. The van der Waals surface area contributed by atoms with Gasteiger partial charge in [-0.05, 0) is 24.3 Å². The van der Waals surface area contributed by atoms with Crippen molar-refractivity contribution < 1.29 is 14.7 Å². The number of hydrogen-bond donors (Lipinski definition) is 2. The lowest BCUT2D eigenvalue weighted by atomic mass is 10.1. The second kappa shape index (κ2) is 7.19. The van der Waals surface area contributed by atoms with E-state index in [0.717, 1.165) is 5.56 Å². The molecular formula is C14H16N2O3. The fourth-order valence-electron chi connectivity index (χ4n) is 1.42. The number of nitrogens with zero attached hydrogens (tertiary/aromatic N) is 1. The molecule has 0 fully saturated rings. The van der Waals surface area contributed by atoms with Gasteiger partial charge in [0.1, 0.15) is 6.61 Å². The van der Waals surface area contributed by atoms with Crippen molar-refractivity contribution in [2.45, 2.75) is 0 Å². The van der Waals surface area contributed by atoms with Gasteiger partial charge in [0.15, 0.2) is 0 Å². The Balaban J connectivity index is 2.75. The summed E-state index contributed by atoms with van der Waals surface area (Å²) >= 11 is 0. The van der Waals surface area contributed by atoms with E-state index in [2.05, 4.69) is 17.2 Å². The molecule has 0 saturated heterocycles. The summed E-state index contributed by atoms with van der Waals surface area (Å²) in [6.45, 7) is -0.184. The van der Waals surface area contributed by atoms with Crippen LogP contribution >= 0.6 is 0 Å². The summed E-state index contributed by atoms with van der Waals surface area (Å²) in [6, 6.07) is 6.68. The highest BCUT2D eigenvalue weighted by Crippen LogP contribution is 2.06. The van der Waals surface area contributed by atoms with E-state index in [-0.39, 0.29) is 25.0 Å². The van der Waals surface area contributed by atoms with Crippen LogP contribution in [0.4, 0.5) is 0 Å². The molecule has 5 heteroatoms. The number of aliphatic hydroxyl groups is 1. The topological polar surface area (TPSA) is 69.6 Å². The van der Waals surface area contributed by atoms with Crippen LogP contribution in [0.2, 0.25) is 0 Å². The minimum Gasteiger partial charge on any atom is -0.384 e. The molecule has 0 spiro atoms. The predicted octanol–water partition coefficient (Wildman–Crippen LogP) is -0.152. The van der Waals surface area contributed by atoms with Crippen molar-refractivity contribution in [1.82, 2.24) is 10.2 Å². The van der Waals surface area contributed by atoms with E-state index >= 15 is 0 Å². The van der Waals surface area contributed by atoms with E-state index in [4.69, 9.17) is 5.11 Å². The van der Waals surface area contributed by atoms with Crippen LogP contribution in [-0.2, 0) is 4.79 Å². The van der Waals surface area contributed by atoms with Crippen molar-refractivity contribution in [3.8, 4) is 11.8 Å². The van der Waals surface area contributed by atoms with Gasteiger partial charge in [-0.25, -0.2) is 0 Å². The second-order valence-electron chi connectivity index (χ2n) is 3.87. The molecule has 1 aromatic carbocycles. The third-order valence-corrected chi connectivity index (χ3v) is 2.45.